The molecule has 0 bridgehead atoms. The van der Waals surface area contributed by atoms with Crippen molar-refractivity contribution in [2.75, 3.05) is 5.32 Å². The van der Waals surface area contributed by atoms with Crippen molar-refractivity contribution < 1.29 is 14.4 Å². The third-order valence-electron chi connectivity index (χ3n) is 8.35. The van der Waals surface area contributed by atoms with E-state index in [2.05, 4.69) is 53.2 Å². The third kappa shape index (κ3) is 4.79. The molecule has 1 saturated heterocycles. The number of amides is 2. The highest BCUT2D eigenvalue weighted by atomic mass is 79.9. The normalized spacial score (nSPS) is 21.1. The van der Waals surface area contributed by atoms with Gasteiger partial charge in [-0.1, -0.05) is 13.0 Å². The van der Waals surface area contributed by atoms with Crippen LogP contribution in [0.3, 0.4) is 0 Å². The van der Waals surface area contributed by atoms with E-state index in [4.69, 9.17) is 0 Å². The minimum Gasteiger partial charge on any atom is -0.325 e. The molecule has 2 amide bonds. The Morgan fingerprint density at radius 1 is 1.10 bits per heavy atom. The van der Waals surface area contributed by atoms with Crippen LogP contribution in [0.1, 0.15) is 55.0 Å². The lowest BCUT2D eigenvalue weighted by molar-refractivity contribution is -0.138. The van der Waals surface area contributed by atoms with Crippen LogP contribution in [0.25, 0.3) is 22.2 Å². The lowest BCUT2D eigenvalue weighted by Gasteiger charge is -2.27. The van der Waals surface area contributed by atoms with E-state index < -0.39 is 6.04 Å². The number of pyridine rings is 2. The number of carbonyl (C=O) groups excluding carboxylic acids is 3. The quantitative estimate of drug-likeness (QED) is 0.240. The van der Waals surface area contributed by atoms with Gasteiger partial charge in [0.15, 0.2) is 5.78 Å². The number of nitrogens with one attached hydrogen (secondary N) is 1. The van der Waals surface area contributed by atoms with E-state index in [1.165, 1.54) is 11.6 Å². The van der Waals surface area contributed by atoms with Crippen molar-refractivity contribution >= 4 is 50.2 Å². The highest BCUT2D eigenvalue weighted by molar-refractivity contribution is 9.10. The molecular weight excluding hydrogens is 588 g/mol. The van der Waals surface area contributed by atoms with Crippen LogP contribution < -0.4 is 5.32 Å². The molecule has 2 fully saturated rings. The lowest BCUT2D eigenvalue weighted by Crippen LogP contribution is -2.47. The molecule has 1 N–H and O–H groups in total. The minimum atomic E-state index is -0.623. The number of anilines is 1. The van der Waals surface area contributed by atoms with Crippen LogP contribution in [0.4, 0.5) is 5.82 Å². The van der Waals surface area contributed by atoms with Crippen LogP contribution >= 0.6 is 15.9 Å². The zero-order chi connectivity index (χ0) is 29.1. The van der Waals surface area contributed by atoms with E-state index >= 15 is 0 Å². The Kier molecular flexibility index (Phi) is 6.68. The molecule has 11 nitrogen and oxygen atoms in total. The van der Waals surface area contributed by atoms with E-state index in [-0.39, 0.29) is 41.3 Å². The summed E-state index contributed by atoms with van der Waals surface area (Å²) in [7, 11) is 0. The molecule has 1 saturated carbocycles. The van der Waals surface area contributed by atoms with Gasteiger partial charge in [-0.2, -0.15) is 5.10 Å². The summed E-state index contributed by atoms with van der Waals surface area (Å²) in [5, 5.41) is 8.05. The van der Waals surface area contributed by atoms with Crippen LogP contribution in [0.5, 0.6) is 0 Å². The maximum Gasteiger partial charge on any atom is 0.248 e. The second-order valence-corrected chi connectivity index (χ2v) is 11.7. The Labute approximate surface area is 244 Å². The summed E-state index contributed by atoms with van der Waals surface area (Å²) in [6, 6.07) is 4.83. The number of nitrogens with zero attached hydrogens (tertiary/aromatic N) is 7. The summed E-state index contributed by atoms with van der Waals surface area (Å²) in [6.45, 7) is 7.10. The predicted octanol–water partition coefficient (Wildman–Crippen LogP) is 4.27. The van der Waals surface area contributed by atoms with Gasteiger partial charge < -0.3 is 10.2 Å². The van der Waals surface area contributed by atoms with Crippen LogP contribution in [-0.4, -0.2) is 64.3 Å². The number of halogens is 1. The number of ketones is 1. The maximum atomic E-state index is 13.9. The van der Waals surface area contributed by atoms with Gasteiger partial charge in [0.2, 0.25) is 11.8 Å². The number of likely N-dealkylation sites (tertiary alicyclic amines) is 1. The Bertz CT molecular complexity index is 1720. The van der Waals surface area contributed by atoms with Crippen molar-refractivity contribution in [1.82, 2.24) is 34.6 Å². The Morgan fingerprint density at radius 3 is 2.56 bits per heavy atom. The van der Waals surface area contributed by atoms with Crippen LogP contribution in [0.15, 0.2) is 41.4 Å². The zero-order valence-electron chi connectivity index (χ0n) is 23.2. The molecule has 2 aliphatic rings. The molecule has 210 valence electrons. The van der Waals surface area contributed by atoms with Gasteiger partial charge >= 0.3 is 0 Å². The standard InChI is InChI=1S/C29H29BrN8O3/c1-5-29-9-21(28(41)35-27-15(2)6-7-24(30)34-27)38(23(29)10-29)25(40)14-37-22-13-33-20(18-11-31-17(4)32-12-18)8-19(22)26(36-37)16(3)39/h6-8,11-13,21,23H,5,9-10,14H2,1-4H3,(H,34,35,41)/t21-,23+,29-/m0/s1. The van der Waals surface area contributed by atoms with E-state index in [9.17, 15) is 14.4 Å². The SMILES string of the molecule is CC[C@@]12C[C@@H](C(=O)Nc3nc(Br)ccc3C)N(C(=O)Cn3nc(C(C)=O)c4cc(-c5cnc(C)nc5)ncc43)[C@@H]1C2. The molecular formula is C29H29BrN8O3. The molecule has 4 aromatic rings. The predicted molar refractivity (Wildman–Crippen MR) is 155 cm³/mol. The van der Waals surface area contributed by atoms with Crippen LogP contribution in [0.2, 0.25) is 0 Å². The second-order valence-electron chi connectivity index (χ2n) is 10.9. The van der Waals surface area contributed by atoms with E-state index in [0.29, 0.717) is 44.8 Å². The molecule has 12 heteroatoms. The van der Waals surface area contributed by atoms with Crippen LogP contribution in [-0.2, 0) is 16.1 Å². The number of Topliss-reactive ketones (excluding diaryl/α,β-unsaturated/α-hetero) is 1. The monoisotopic (exact) mass is 616 g/mol. The first-order valence-corrected chi connectivity index (χ1v) is 14.3. The average Bonchev–Trinajstić information content (AvgIpc) is 3.38. The first-order valence-electron chi connectivity index (χ1n) is 13.5. The number of hydrogen-bond acceptors (Lipinski definition) is 8. The van der Waals surface area contributed by atoms with Crippen molar-refractivity contribution in [3.63, 3.8) is 0 Å². The third-order valence-corrected chi connectivity index (χ3v) is 8.79. The summed E-state index contributed by atoms with van der Waals surface area (Å²) in [5.74, 6) is 0.407. The fourth-order valence-electron chi connectivity index (χ4n) is 5.91. The van der Waals surface area contributed by atoms with E-state index in [1.807, 2.05) is 19.1 Å². The first-order chi connectivity index (χ1) is 19.6. The number of aryl methyl sites for hydroxylation is 2. The second kappa shape index (κ2) is 10.1. The van der Waals surface area contributed by atoms with Gasteiger partial charge in [0.05, 0.1) is 17.4 Å². The van der Waals surface area contributed by atoms with E-state index in [1.54, 1.807) is 36.5 Å². The topological polar surface area (TPSA) is 136 Å². The minimum absolute atomic E-state index is 0.00677. The largest absolute Gasteiger partial charge is 0.325 e. The van der Waals surface area contributed by atoms with Crippen molar-refractivity contribution in [3.8, 4) is 11.3 Å². The number of aromatic nitrogens is 6. The van der Waals surface area contributed by atoms with Crippen molar-refractivity contribution in [1.29, 1.82) is 0 Å². The van der Waals surface area contributed by atoms with Crippen molar-refractivity contribution in [2.45, 2.75) is 65.6 Å². The lowest BCUT2D eigenvalue weighted by atomic mass is 9.96. The summed E-state index contributed by atoms with van der Waals surface area (Å²) < 4.78 is 2.13. The molecule has 4 aromatic heterocycles. The molecule has 0 aromatic carbocycles. The van der Waals surface area contributed by atoms with Gasteiger partial charge in [0.25, 0.3) is 0 Å². The molecule has 1 aliphatic heterocycles. The average molecular weight is 618 g/mol. The Hall–Kier alpha value is -4.06. The molecule has 6 rings (SSSR count). The van der Waals surface area contributed by atoms with Gasteiger partial charge in [0.1, 0.15) is 34.5 Å². The number of fused-ring (bicyclic) bond motifs is 2. The first kappa shape index (κ1) is 27.1. The molecule has 0 radical (unpaired) electrons. The highest BCUT2D eigenvalue weighted by Crippen LogP contribution is 2.61. The van der Waals surface area contributed by atoms with Gasteiger partial charge in [0, 0.05) is 36.3 Å². The fraction of sp³-hybridized carbons (Fsp3) is 0.379. The number of rotatable bonds is 7. The maximum absolute atomic E-state index is 13.9. The van der Waals surface area contributed by atoms with Crippen molar-refractivity contribution in [2.24, 2.45) is 5.41 Å². The summed E-state index contributed by atoms with van der Waals surface area (Å²) in [4.78, 5) is 59.1. The number of piperidine rings is 1. The number of carbonyl (C=O) groups is 3. The van der Waals surface area contributed by atoms with Gasteiger partial charge in [-0.05, 0) is 72.2 Å². The van der Waals surface area contributed by atoms with E-state index in [0.717, 1.165) is 18.4 Å². The summed E-state index contributed by atoms with van der Waals surface area (Å²) >= 11 is 3.36. The molecule has 0 unspecified atom stereocenters. The van der Waals surface area contributed by atoms with Crippen molar-refractivity contribution in [3.05, 3.63) is 58.5 Å². The Balaban J connectivity index is 1.30. The van der Waals surface area contributed by atoms with Gasteiger partial charge in [-0.25, -0.2) is 15.0 Å². The molecule has 1 aliphatic carbocycles. The molecule has 5 heterocycles. The summed E-state index contributed by atoms with van der Waals surface area (Å²) in [6.07, 6.45) is 7.32. The molecule has 0 spiro atoms. The van der Waals surface area contributed by atoms with Gasteiger partial charge in [-0.3, -0.25) is 24.0 Å². The fourth-order valence-corrected chi connectivity index (χ4v) is 6.22. The highest BCUT2D eigenvalue weighted by Gasteiger charge is 2.66. The Morgan fingerprint density at radius 2 is 1.85 bits per heavy atom. The number of hydrogen-bond donors (Lipinski definition) is 1. The molecule has 41 heavy (non-hydrogen) atoms. The van der Waals surface area contributed by atoms with Gasteiger partial charge in [-0.15, -0.1) is 0 Å². The smallest absolute Gasteiger partial charge is 0.248 e. The van der Waals surface area contributed by atoms with Crippen LogP contribution in [0, 0.1) is 19.3 Å². The summed E-state index contributed by atoms with van der Waals surface area (Å²) in [5.41, 5.74) is 2.90. The molecule has 3 atom stereocenters. The zero-order valence-corrected chi connectivity index (χ0v) is 24.8.